The van der Waals surface area contributed by atoms with Crippen molar-refractivity contribution in [3.63, 3.8) is 0 Å². The Morgan fingerprint density at radius 2 is 1.69 bits per heavy atom. The topological polar surface area (TPSA) is 87.5 Å². The van der Waals surface area contributed by atoms with Crippen molar-refractivity contribution in [2.45, 2.75) is 58.5 Å². The van der Waals surface area contributed by atoms with Gasteiger partial charge in [-0.1, -0.05) is 26.7 Å². The summed E-state index contributed by atoms with van der Waals surface area (Å²) in [4.78, 5) is 47.8. The molecule has 0 radical (unpaired) electrons. The third-order valence-electron chi connectivity index (χ3n) is 7.09. The predicted molar refractivity (Wildman–Crippen MR) is 135 cm³/mol. The molecule has 2 aromatic heterocycles. The van der Waals surface area contributed by atoms with Crippen LogP contribution < -0.4 is 10.7 Å². The number of rotatable bonds is 8. The summed E-state index contributed by atoms with van der Waals surface area (Å²) in [6.45, 7) is 8.09. The molecular weight excluding hydrogens is 442 g/mol. The highest BCUT2D eigenvalue weighted by Crippen LogP contribution is 2.29. The van der Waals surface area contributed by atoms with Crippen LogP contribution >= 0.6 is 0 Å². The Morgan fingerprint density at radius 3 is 2.34 bits per heavy atom. The molecule has 0 spiro atoms. The fourth-order valence-corrected chi connectivity index (χ4v) is 4.92. The summed E-state index contributed by atoms with van der Waals surface area (Å²) in [7, 11) is 0. The standard InChI is InChI=1S/C27H37N5O3/c1-20(2)7-12-29-26(34)23-18-32(22-5-3-4-6-22)19-24(25(23)33)27(35)31-15-13-30(14-16-31)17-21-8-10-28-11-9-21/h8-11,18-20,22H,3-7,12-17H2,1-2H3,(H,29,34). The Bertz CT molecular complexity index is 1070. The summed E-state index contributed by atoms with van der Waals surface area (Å²) in [6.07, 6.45) is 12.0. The van der Waals surface area contributed by atoms with Crippen LogP contribution in [0, 0.1) is 5.92 Å². The zero-order valence-corrected chi connectivity index (χ0v) is 20.9. The first-order valence-corrected chi connectivity index (χ1v) is 12.9. The maximum Gasteiger partial charge on any atom is 0.259 e. The van der Waals surface area contributed by atoms with Gasteiger partial charge in [0.15, 0.2) is 0 Å². The second-order valence-corrected chi connectivity index (χ2v) is 10.2. The fraction of sp³-hybridized carbons (Fsp3) is 0.556. The number of amides is 2. The number of pyridine rings is 2. The largest absolute Gasteiger partial charge is 0.352 e. The highest BCUT2D eigenvalue weighted by atomic mass is 16.2. The van der Waals surface area contributed by atoms with Crippen LogP contribution in [-0.4, -0.2) is 63.9 Å². The quantitative estimate of drug-likeness (QED) is 0.629. The Labute approximate surface area is 207 Å². The SMILES string of the molecule is CC(C)CCNC(=O)c1cn(C2CCCC2)cc(C(=O)N2CCN(Cc3ccncc3)CC2)c1=O. The molecule has 1 aliphatic heterocycles. The van der Waals surface area contributed by atoms with Crippen molar-refractivity contribution in [2.75, 3.05) is 32.7 Å². The molecule has 2 amide bonds. The molecule has 3 heterocycles. The molecule has 1 aliphatic carbocycles. The molecule has 1 saturated heterocycles. The lowest BCUT2D eigenvalue weighted by Gasteiger charge is -2.34. The normalized spacial score (nSPS) is 17.2. The van der Waals surface area contributed by atoms with Gasteiger partial charge in [0.1, 0.15) is 11.1 Å². The van der Waals surface area contributed by atoms with Crippen molar-refractivity contribution in [1.82, 2.24) is 24.7 Å². The van der Waals surface area contributed by atoms with Crippen molar-refractivity contribution in [3.05, 3.63) is 63.8 Å². The van der Waals surface area contributed by atoms with Gasteiger partial charge in [0.05, 0.1) is 0 Å². The average molecular weight is 480 g/mol. The second kappa shape index (κ2) is 11.6. The molecular formula is C27H37N5O3. The molecule has 2 fully saturated rings. The van der Waals surface area contributed by atoms with E-state index < -0.39 is 5.43 Å². The van der Waals surface area contributed by atoms with E-state index in [0.29, 0.717) is 25.6 Å². The summed E-state index contributed by atoms with van der Waals surface area (Å²) in [6, 6.07) is 4.23. The van der Waals surface area contributed by atoms with Crippen molar-refractivity contribution in [1.29, 1.82) is 0 Å². The molecule has 8 heteroatoms. The minimum Gasteiger partial charge on any atom is -0.352 e. The smallest absolute Gasteiger partial charge is 0.259 e. The van der Waals surface area contributed by atoms with E-state index in [9.17, 15) is 14.4 Å². The number of hydrogen-bond acceptors (Lipinski definition) is 5. The molecule has 188 valence electrons. The van der Waals surface area contributed by atoms with E-state index in [1.165, 1.54) is 5.56 Å². The highest BCUT2D eigenvalue weighted by Gasteiger charge is 2.28. The van der Waals surface area contributed by atoms with Crippen LogP contribution in [0.4, 0.5) is 0 Å². The lowest BCUT2D eigenvalue weighted by Crippen LogP contribution is -2.49. The summed E-state index contributed by atoms with van der Waals surface area (Å²) < 4.78 is 1.94. The molecule has 0 unspecified atom stereocenters. The van der Waals surface area contributed by atoms with Crippen LogP contribution in [0.3, 0.4) is 0 Å². The highest BCUT2D eigenvalue weighted by molar-refractivity contribution is 5.99. The minimum atomic E-state index is -0.467. The molecule has 0 aromatic carbocycles. The van der Waals surface area contributed by atoms with Gasteiger partial charge in [-0.15, -0.1) is 0 Å². The van der Waals surface area contributed by atoms with E-state index in [1.54, 1.807) is 29.7 Å². The lowest BCUT2D eigenvalue weighted by atomic mass is 10.1. The van der Waals surface area contributed by atoms with E-state index in [4.69, 9.17) is 0 Å². The summed E-state index contributed by atoms with van der Waals surface area (Å²) in [5.74, 6) is -0.211. The fourth-order valence-electron chi connectivity index (χ4n) is 4.92. The maximum atomic E-state index is 13.5. The predicted octanol–water partition coefficient (Wildman–Crippen LogP) is 3.09. The van der Waals surface area contributed by atoms with Crippen LogP contribution in [0.1, 0.15) is 78.3 Å². The average Bonchev–Trinajstić information content (AvgIpc) is 3.40. The van der Waals surface area contributed by atoms with Gasteiger partial charge in [-0.05, 0) is 42.9 Å². The van der Waals surface area contributed by atoms with Crippen LogP contribution in [0.2, 0.25) is 0 Å². The van der Waals surface area contributed by atoms with E-state index >= 15 is 0 Å². The summed E-state index contributed by atoms with van der Waals surface area (Å²) >= 11 is 0. The zero-order chi connectivity index (χ0) is 24.8. The molecule has 0 bridgehead atoms. The number of hydrogen-bond donors (Lipinski definition) is 1. The zero-order valence-electron chi connectivity index (χ0n) is 20.9. The van der Waals surface area contributed by atoms with Gasteiger partial charge in [0.25, 0.3) is 11.8 Å². The summed E-state index contributed by atoms with van der Waals surface area (Å²) in [5.41, 5.74) is 0.903. The van der Waals surface area contributed by atoms with E-state index in [2.05, 4.69) is 29.0 Å². The van der Waals surface area contributed by atoms with Crippen molar-refractivity contribution in [3.8, 4) is 0 Å². The van der Waals surface area contributed by atoms with E-state index in [1.807, 2.05) is 16.7 Å². The summed E-state index contributed by atoms with van der Waals surface area (Å²) in [5, 5.41) is 2.88. The van der Waals surface area contributed by atoms with Crippen molar-refractivity contribution >= 4 is 11.8 Å². The Hall–Kier alpha value is -3.00. The van der Waals surface area contributed by atoms with Gasteiger partial charge in [-0.25, -0.2) is 0 Å². The molecule has 2 aliphatic rings. The Kier molecular flexibility index (Phi) is 8.33. The molecule has 2 aromatic rings. The molecule has 35 heavy (non-hydrogen) atoms. The van der Waals surface area contributed by atoms with Gasteiger partial charge in [0, 0.05) is 70.1 Å². The first-order chi connectivity index (χ1) is 16.9. The van der Waals surface area contributed by atoms with Crippen LogP contribution in [0.25, 0.3) is 0 Å². The lowest BCUT2D eigenvalue weighted by molar-refractivity contribution is 0.0626. The monoisotopic (exact) mass is 479 g/mol. The third kappa shape index (κ3) is 6.36. The maximum absolute atomic E-state index is 13.5. The van der Waals surface area contributed by atoms with E-state index in [0.717, 1.165) is 51.7 Å². The van der Waals surface area contributed by atoms with Gasteiger partial charge in [-0.2, -0.15) is 0 Å². The number of piperazine rings is 1. The third-order valence-corrected chi connectivity index (χ3v) is 7.09. The first-order valence-electron chi connectivity index (χ1n) is 12.9. The van der Waals surface area contributed by atoms with Gasteiger partial charge >= 0.3 is 0 Å². The number of carbonyl (C=O) groups is 2. The Morgan fingerprint density at radius 1 is 1.03 bits per heavy atom. The number of nitrogens with one attached hydrogen (secondary N) is 1. The Balaban J connectivity index is 1.50. The second-order valence-electron chi connectivity index (χ2n) is 10.2. The van der Waals surface area contributed by atoms with E-state index in [-0.39, 0.29) is 29.0 Å². The molecule has 1 N–H and O–H groups in total. The van der Waals surface area contributed by atoms with Crippen LogP contribution in [-0.2, 0) is 6.54 Å². The van der Waals surface area contributed by atoms with Crippen LogP contribution in [0.5, 0.6) is 0 Å². The van der Waals surface area contributed by atoms with Crippen LogP contribution in [0.15, 0.2) is 41.7 Å². The molecule has 4 rings (SSSR count). The number of nitrogens with zero attached hydrogens (tertiary/aromatic N) is 4. The number of aromatic nitrogens is 2. The van der Waals surface area contributed by atoms with Gasteiger partial charge in [0.2, 0.25) is 5.43 Å². The molecule has 1 saturated carbocycles. The minimum absolute atomic E-state index is 0.0721. The number of carbonyl (C=O) groups excluding carboxylic acids is 2. The van der Waals surface area contributed by atoms with Crippen molar-refractivity contribution in [2.24, 2.45) is 5.92 Å². The first kappa shape index (κ1) is 25.1. The van der Waals surface area contributed by atoms with Gasteiger partial charge in [-0.3, -0.25) is 24.3 Å². The van der Waals surface area contributed by atoms with Gasteiger partial charge < -0.3 is 14.8 Å². The van der Waals surface area contributed by atoms with Crippen molar-refractivity contribution < 1.29 is 9.59 Å². The molecule has 0 atom stereocenters. The molecule has 8 nitrogen and oxygen atoms in total.